The van der Waals surface area contributed by atoms with E-state index in [1.165, 1.54) is 6.08 Å². The normalized spacial score (nSPS) is 42.1. The second-order valence-electron chi connectivity index (χ2n) is 7.95. The van der Waals surface area contributed by atoms with Crippen LogP contribution in [0.1, 0.15) is 39.0 Å². The molecule has 0 radical (unpaired) electrons. The molecule has 0 aromatic rings. The molecule has 0 amide bonds. The molecule has 26 heavy (non-hydrogen) atoms. The van der Waals surface area contributed by atoms with Crippen LogP contribution in [0.25, 0.3) is 0 Å². The second kappa shape index (κ2) is 7.26. The molecule has 1 N–H and O–H groups in total. The second-order valence-corrected chi connectivity index (χ2v) is 9.08. The Bertz CT molecular complexity index is 693. The van der Waals surface area contributed by atoms with Crippen LogP contribution in [-0.2, 0) is 11.1 Å². The van der Waals surface area contributed by atoms with Gasteiger partial charge in [0.2, 0.25) is 0 Å². The summed E-state index contributed by atoms with van der Waals surface area (Å²) in [4.78, 5) is 2.41. The molecule has 4 rings (SSSR count). The van der Waals surface area contributed by atoms with Gasteiger partial charge < -0.3 is 9.87 Å². The number of likely N-dealkylation sites (tertiary alicyclic amines) is 1. The highest BCUT2D eigenvalue weighted by Gasteiger charge is 2.47. The molecule has 0 spiro atoms. The third-order valence-electron chi connectivity index (χ3n) is 6.41. The third kappa shape index (κ3) is 3.23. The van der Waals surface area contributed by atoms with E-state index in [2.05, 4.69) is 17.1 Å². The van der Waals surface area contributed by atoms with Crippen LogP contribution in [0.3, 0.4) is 0 Å². The lowest BCUT2D eigenvalue weighted by molar-refractivity contribution is 0.157. The highest BCUT2D eigenvalue weighted by Crippen LogP contribution is 2.40. The molecule has 0 bridgehead atoms. The maximum Gasteiger partial charge on any atom is 0.126 e. The number of allylic oxidation sites excluding steroid dienone is 2. The van der Waals surface area contributed by atoms with Crippen molar-refractivity contribution in [3.05, 3.63) is 35.5 Å². The Labute approximate surface area is 155 Å². The van der Waals surface area contributed by atoms with Gasteiger partial charge in [0.25, 0.3) is 0 Å². The SMILES string of the molecule is CC1CC(S(=O)[O-])C=CC1N1CCC2NC(C3=C(F)CCC=C3F)CC21. The number of nitrogens with one attached hydrogen (secondary N) is 1. The van der Waals surface area contributed by atoms with Crippen LogP contribution in [0.4, 0.5) is 8.78 Å². The number of rotatable bonds is 3. The zero-order valence-corrected chi connectivity index (χ0v) is 15.7. The average Bonchev–Trinajstić information content (AvgIpc) is 3.15. The molecule has 2 fully saturated rings. The van der Waals surface area contributed by atoms with Crippen LogP contribution >= 0.6 is 0 Å². The van der Waals surface area contributed by atoms with Gasteiger partial charge in [-0.05, 0) is 48.8 Å². The van der Waals surface area contributed by atoms with E-state index in [9.17, 15) is 17.5 Å². The Kier molecular flexibility index (Phi) is 5.16. The summed E-state index contributed by atoms with van der Waals surface area (Å²) in [5.41, 5.74) is 0.222. The van der Waals surface area contributed by atoms with Crippen LogP contribution in [0, 0.1) is 5.92 Å². The lowest BCUT2D eigenvalue weighted by atomic mass is 9.88. The molecule has 4 aliphatic rings. The molecule has 144 valence electrons. The molecular formula is C19H25F2N2O2S-. The molecule has 2 heterocycles. The standard InChI is InChI=1S/C19H26F2N2O2S/c1-11-9-12(26(24)25)5-6-17(11)23-8-7-15-18(23)10-16(22-15)19-13(20)3-2-4-14(19)21/h3,5-6,11-12,15-18,22H,2,4,7-10H2,1H3,(H,24,25)/p-1. The number of fused-ring (bicyclic) bond motifs is 1. The zero-order valence-electron chi connectivity index (χ0n) is 14.9. The molecule has 4 nitrogen and oxygen atoms in total. The van der Waals surface area contributed by atoms with Gasteiger partial charge in [0, 0.05) is 48.0 Å². The van der Waals surface area contributed by atoms with Crippen molar-refractivity contribution in [2.24, 2.45) is 5.92 Å². The molecule has 0 saturated carbocycles. The van der Waals surface area contributed by atoms with Crippen molar-refractivity contribution in [1.82, 2.24) is 10.2 Å². The first-order valence-corrected chi connectivity index (χ1v) is 10.6. The van der Waals surface area contributed by atoms with Crippen molar-refractivity contribution in [2.75, 3.05) is 6.54 Å². The average molecular weight is 383 g/mol. The highest BCUT2D eigenvalue weighted by atomic mass is 32.2. The van der Waals surface area contributed by atoms with Crippen LogP contribution < -0.4 is 5.32 Å². The maximum absolute atomic E-state index is 14.2. The first-order valence-electron chi connectivity index (χ1n) is 9.48. The summed E-state index contributed by atoms with van der Waals surface area (Å²) < 4.78 is 50.9. The topological polar surface area (TPSA) is 55.4 Å². The molecule has 0 aromatic heterocycles. The Morgan fingerprint density at radius 1 is 1.31 bits per heavy atom. The summed E-state index contributed by atoms with van der Waals surface area (Å²) in [5, 5.41) is 3.04. The summed E-state index contributed by atoms with van der Waals surface area (Å²) in [5.74, 6) is -0.492. The van der Waals surface area contributed by atoms with Gasteiger partial charge in [0.15, 0.2) is 0 Å². The van der Waals surface area contributed by atoms with E-state index in [1.807, 2.05) is 6.08 Å². The van der Waals surface area contributed by atoms with Crippen LogP contribution in [0.5, 0.6) is 0 Å². The minimum Gasteiger partial charge on any atom is -0.772 e. The van der Waals surface area contributed by atoms with Crippen molar-refractivity contribution in [3.63, 3.8) is 0 Å². The van der Waals surface area contributed by atoms with Gasteiger partial charge in [-0.2, -0.15) is 0 Å². The van der Waals surface area contributed by atoms with Crippen molar-refractivity contribution in [2.45, 2.75) is 68.4 Å². The van der Waals surface area contributed by atoms with Gasteiger partial charge in [0.05, 0.1) is 0 Å². The van der Waals surface area contributed by atoms with Gasteiger partial charge >= 0.3 is 0 Å². The number of hydrogen-bond acceptors (Lipinski definition) is 4. The van der Waals surface area contributed by atoms with E-state index in [0.717, 1.165) is 13.0 Å². The zero-order chi connectivity index (χ0) is 18.4. The van der Waals surface area contributed by atoms with Crippen molar-refractivity contribution >= 4 is 11.1 Å². The van der Waals surface area contributed by atoms with E-state index in [0.29, 0.717) is 19.3 Å². The van der Waals surface area contributed by atoms with Gasteiger partial charge in [-0.25, -0.2) is 8.78 Å². The minimum atomic E-state index is -2.07. The molecule has 2 aliphatic heterocycles. The molecule has 2 aliphatic carbocycles. The summed E-state index contributed by atoms with van der Waals surface area (Å²) in [6.07, 6.45) is 8.30. The van der Waals surface area contributed by atoms with E-state index in [4.69, 9.17) is 0 Å². The summed E-state index contributed by atoms with van der Waals surface area (Å²) in [6, 6.07) is 0.397. The summed E-state index contributed by atoms with van der Waals surface area (Å²) >= 11 is -2.07. The Balaban J connectivity index is 1.50. The van der Waals surface area contributed by atoms with Crippen LogP contribution in [-0.4, -0.2) is 49.6 Å². The molecule has 0 aromatic carbocycles. The van der Waals surface area contributed by atoms with E-state index in [-0.39, 0.29) is 47.9 Å². The molecular weight excluding hydrogens is 358 g/mol. The smallest absolute Gasteiger partial charge is 0.126 e. The van der Waals surface area contributed by atoms with Crippen LogP contribution in [0.2, 0.25) is 0 Å². The van der Waals surface area contributed by atoms with Gasteiger partial charge in [-0.3, -0.25) is 9.11 Å². The Morgan fingerprint density at radius 3 is 2.81 bits per heavy atom. The van der Waals surface area contributed by atoms with E-state index in [1.54, 1.807) is 6.08 Å². The predicted molar refractivity (Wildman–Crippen MR) is 96.4 cm³/mol. The maximum atomic E-state index is 14.2. The van der Waals surface area contributed by atoms with Crippen molar-refractivity contribution in [1.29, 1.82) is 0 Å². The van der Waals surface area contributed by atoms with E-state index >= 15 is 0 Å². The first-order chi connectivity index (χ1) is 12.5. The van der Waals surface area contributed by atoms with Crippen LogP contribution in [0.15, 0.2) is 35.5 Å². The highest BCUT2D eigenvalue weighted by molar-refractivity contribution is 7.80. The third-order valence-corrected chi connectivity index (χ3v) is 7.25. The Hall–Kier alpha value is -0.890. The molecule has 2 saturated heterocycles. The molecule has 7 heteroatoms. The summed E-state index contributed by atoms with van der Waals surface area (Å²) in [6.45, 7) is 3.02. The lowest BCUT2D eigenvalue weighted by Gasteiger charge is -2.39. The van der Waals surface area contributed by atoms with Gasteiger partial charge in [-0.1, -0.05) is 19.1 Å². The van der Waals surface area contributed by atoms with Gasteiger partial charge in [0.1, 0.15) is 11.7 Å². The Morgan fingerprint density at radius 2 is 2.12 bits per heavy atom. The predicted octanol–water partition coefficient (Wildman–Crippen LogP) is 2.87. The fraction of sp³-hybridized carbons (Fsp3) is 0.684. The number of hydrogen-bond donors (Lipinski definition) is 1. The first kappa shape index (κ1) is 18.5. The summed E-state index contributed by atoms with van der Waals surface area (Å²) in [7, 11) is 0. The number of nitrogens with zero attached hydrogens (tertiary/aromatic N) is 1. The largest absolute Gasteiger partial charge is 0.772 e. The van der Waals surface area contributed by atoms with Crippen molar-refractivity contribution in [3.8, 4) is 0 Å². The lowest BCUT2D eigenvalue weighted by Crippen LogP contribution is -2.46. The quantitative estimate of drug-likeness (QED) is 0.601. The van der Waals surface area contributed by atoms with Crippen molar-refractivity contribution < 1.29 is 17.5 Å². The van der Waals surface area contributed by atoms with E-state index < -0.39 is 22.2 Å². The fourth-order valence-corrected chi connectivity index (χ4v) is 5.84. The molecule has 7 atom stereocenters. The monoisotopic (exact) mass is 383 g/mol. The number of halogens is 2. The molecule has 7 unspecified atom stereocenters. The van der Waals surface area contributed by atoms with Gasteiger partial charge in [-0.15, -0.1) is 0 Å². The minimum absolute atomic E-state index is 0.191. The fourth-order valence-electron chi connectivity index (χ4n) is 5.16.